The first-order valence-electron chi connectivity index (χ1n) is 8.66. The molecule has 2 heterocycles. The van der Waals surface area contributed by atoms with E-state index in [1.165, 1.54) is 0 Å². The van der Waals surface area contributed by atoms with Gasteiger partial charge in [-0.25, -0.2) is 9.97 Å². The number of anilines is 1. The minimum Gasteiger partial charge on any atom is -0.383 e. The molecule has 0 bridgehead atoms. The van der Waals surface area contributed by atoms with Crippen LogP contribution >= 0.6 is 0 Å². The molecule has 0 saturated heterocycles. The minimum atomic E-state index is -0.149. The standard InChI is InChI=1S/C21H20N4O/c1-14-23-19-17(20(22)24-14)13-25(21(26)16-10-6-3-7-11-16)18(19)12-15-8-4-2-5-9-15/h2-11,18H,12-13H2,1H3,(H2,22,23,24)/t18-/m1/s1. The number of nitrogens with zero attached hydrogens (tertiary/aromatic N) is 3. The van der Waals surface area contributed by atoms with E-state index in [2.05, 4.69) is 22.1 Å². The maximum Gasteiger partial charge on any atom is 0.254 e. The van der Waals surface area contributed by atoms with Crippen molar-refractivity contribution in [3.63, 3.8) is 0 Å². The third-order valence-electron chi connectivity index (χ3n) is 4.76. The molecule has 2 N–H and O–H groups in total. The number of aromatic nitrogens is 2. The zero-order valence-electron chi connectivity index (χ0n) is 14.6. The maximum atomic E-state index is 13.1. The maximum absolute atomic E-state index is 13.1. The average molecular weight is 344 g/mol. The van der Waals surface area contributed by atoms with Crippen LogP contribution in [0.3, 0.4) is 0 Å². The van der Waals surface area contributed by atoms with E-state index < -0.39 is 0 Å². The number of nitrogens with two attached hydrogens (primary N) is 1. The Morgan fingerprint density at radius 3 is 2.42 bits per heavy atom. The Morgan fingerprint density at radius 2 is 1.73 bits per heavy atom. The zero-order chi connectivity index (χ0) is 18.1. The van der Waals surface area contributed by atoms with Crippen LogP contribution in [0.15, 0.2) is 60.7 Å². The van der Waals surface area contributed by atoms with Crippen LogP contribution in [0.2, 0.25) is 0 Å². The molecule has 26 heavy (non-hydrogen) atoms. The predicted octanol–water partition coefficient (Wildman–Crippen LogP) is 3.31. The van der Waals surface area contributed by atoms with Crippen molar-refractivity contribution in [1.82, 2.24) is 14.9 Å². The zero-order valence-corrected chi connectivity index (χ0v) is 14.6. The molecule has 130 valence electrons. The molecule has 0 aliphatic carbocycles. The van der Waals surface area contributed by atoms with E-state index in [1.807, 2.05) is 60.4 Å². The van der Waals surface area contributed by atoms with Crippen molar-refractivity contribution in [3.8, 4) is 0 Å². The van der Waals surface area contributed by atoms with Crippen molar-refractivity contribution in [2.45, 2.75) is 25.9 Å². The molecule has 5 nitrogen and oxygen atoms in total. The molecule has 4 rings (SSSR count). The number of benzene rings is 2. The lowest BCUT2D eigenvalue weighted by atomic mass is 10.0. The fraction of sp³-hybridized carbons (Fsp3) is 0.190. The molecule has 2 aromatic carbocycles. The van der Waals surface area contributed by atoms with E-state index in [1.54, 1.807) is 0 Å². The predicted molar refractivity (Wildman–Crippen MR) is 100 cm³/mol. The number of aryl methyl sites for hydroxylation is 1. The molecule has 1 amide bonds. The quantitative estimate of drug-likeness (QED) is 0.791. The van der Waals surface area contributed by atoms with Crippen LogP contribution in [-0.2, 0) is 13.0 Å². The summed E-state index contributed by atoms with van der Waals surface area (Å²) >= 11 is 0. The van der Waals surface area contributed by atoms with Gasteiger partial charge in [-0.2, -0.15) is 0 Å². The fourth-order valence-electron chi connectivity index (χ4n) is 3.51. The van der Waals surface area contributed by atoms with Gasteiger partial charge in [-0.15, -0.1) is 0 Å². The number of hydrogen-bond acceptors (Lipinski definition) is 4. The molecular formula is C21H20N4O. The van der Waals surface area contributed by atoms with Crippen molar-refractivity contribution >= 4 is 11.7 Å². The summed E-state index contributed by atoms with van der Waals surface area (Å²) in [6, 6.07) is 19.3. The minimum absolute atomic E-state index is 0.0124. The van der Waals surface area contributed by atoms with Crippen LogP contribution in [0.1, 0.15) is 39.0 Å². The van der Waals surface area contributed by atoms with Crippen molar-refractivity contribution in [2.24, 2.45) is 0 Å². The van der Waals surface area contributed by atoms with E-state index in [9.17, 15) is 4.79 Å². The lowest BCUT2D eigenvalue weighted by molar-refractivity contribution is 0.0689. The summed E-state index contributed by atoms with van der Waals surface area (Å²) in [5.41, 5.74) is 9.69. The highest BCUT2D eigenvalue weighted by molar-refractivity contribution is 5.95. The highest BCUT2D eigenvalue weighted by Crippen LogP contribution is 2.38. The summed E-state index contributed by atoms with van der Waals surface area (Å²) < 4.78 is 0. The lowest BCUT2D eigenvalue weighted by Crippen LogP contribution is -2.31. The van der Waals surface area contributed by atoms with Crippen LogP contribution in [0.5, 0.6) is 0 Å². The molecule has 1 aromatic heterocycles. The van der Waals surface area contributed by atoms with Gasteiger partial charge in [0.25, 0.3) is 5.91 Å². The van der Waals surface area contributed by atoms with Gasteiger partial charge in [0.1, 0.15) is 11.6 Å². The second-order valence-electron chi connectivity index (χ2n) is 6.52. The number of fused-ring (bicyclic) bond motifs is 1. The van der Waals surface area contributed by atoms with Gasteiger partial charge in [0.2, 0.25) is 0 Å². The summed E-state index contributed by atoms with van der Waals surface area (Å²) in [7, 11) is 0. The van der Waals surface area contributed by atoms with Crippen LogP contribution < -0.4 is 5.73 Å². The summed E-state index contributed by atoms with van der Waals surface area (Å²) in [4.78, 5) is 23.9. The van der Waals surface area contributed by atoms with Gasteiger partial charge in [0.15, 0.2) is 0 Å². The first kappa shape index (κ1) is 16.3. The van der Waals surface area contributed by atoms with Gasteiger partial charge in [-0.05, 0) is 31.0 Å². The number of carbonyl (C=O) groups excluding carboxylic acids is 1. The first-order valence-corrected chi connectivity index (χ1v) is 8.66. The van der Waals surface area contributed by atoms with E-state index in [0.29, 0.717) is 30.2 Å². The summed E-state index contributed by atoms with van der Waals surface area (Å²) in [6.45, 7) is 2.27. The molecule has 0 saturated carbocycles. The fourth-order valence-corrected chi connectivity index (χ4v) is 3.51. The second-order valence-corrected chi connectivity index (χ2v) is 6.52. The van der Waals surface area contributed by atoms with Crippen LogP contribution in [0.25, 0.3) is 0 Å². The van der Waals surface area contributed by atoms with Crippen molar-refractivity contribution < 1.29 is 4.79 Å². The van der Waals surface area contributed by atoms with Crippen LogP contribution in [-0.4, -0.2) is 20.8 Å². The summed E-state index contributed by atoms with van der Waals surface area (Å²) in [6.07, 6.45) is 0.697. The van der Waals surface area contributed by atoms with Crippen molar-refractivity contribution in [2.75, 3.05) is 5.73 Å². The second kappa shape index (κ2) is 6.59. The molecule has 5 heteroatoms. The monoisotopic (exact) mass is 344 g/mol. The van der Waals surface area contributed by atoms with Gasteiger partial charge in [-0.3, -0.25) is 4.79 Å². The van der Waals surface area contributed by atoms with Crippen molar-refractivity contribution in [1.29, 1.82) is 0 Å². The van der Waals surface area contributed by atoms with Crippen LogP contribution in [0.4, 0.5) is 5.82 Å². The number of hydrogen-bond donors (Lipinski definition) is 1. The Kier molecular flexibility index (Phi) is 4.13. The number of rotatable bonds is 3. The molecular weight excluding hydrogens is 324 g/mol. The molecule has 0 radical (unpaired) electrons. The molecule has 1 aliphatic heterocycles. The molecule has 0 spiro atoms. The molecule has 1 aliphatic rings. The van der Waals surface area contributed by atoms with Gasteiger partial charge < -0.3 is 10.6 Å². The lowest BCUT2D eigenvalue weighted by Gasteiger charge is -2.25. The smallest absolute Gasteiger partial charge is 0.254 e. The summed E-state index contributed by atoms with van der Waals surface area (Å²) in [5.74, 6) is 1.09. The SMILES string of the molecule is Cc1nc(N)c2c(n1)[C@@H](Cc1ccccc1)N(C(=O)c1ccccc1)C2. The Labute approximate surface area is 152 Å². The van der Waals surface area contributed by atoms with Gasteiger partial charge >= 0.3 is 0 Å². The van der Waals surface area contributed by atoms with Gasteiger partial charge in [0.05, 0.1) is 18.3 Å². The van der Waals surface area contributed by atoms with E-state index in [4.69, 9.17) is 5.73 Å². The number of nitrogen functional groups attached to an aromatic ring is 1. The first-order chi connectivity index (χ1) is 12.6. The molecule has 1 atom stereocenters. The molecule has 3 aromatic rings. The van der Waals surface area contributed by atoms with Crippen molar-refractivity contribution in [3.05, 3.63) is 88.9 Å². The molecule has 0 fully saturated rings. The highest BCUT2D eigenvalue weighted by atomic mass is 16.2. The Hall–Kier alpha value is -3.21. The van der Waals surface area contributed by atoms with E-state index in [0.717, 1.165) is 16.8 Å². The third-order valence-corrected chi connectivity index (χ3v) is 4.76. The topological polar surface area (TPSA) is 72.1 Å². The normalized spacial score (nSPS) is 15.7. The largest absolute Gasteiger partial charge is 0.383 e. The third kappa shape index (κ3) is 2.92. The Balaban J connectivity index is 1.75. The van der Waals surface area contributed by atoms with Gasteiger partial charge in [-0.1, -0.05) is 48.5 Å². The Morgan fingerprint density at radius 1 is 1.08 bits per heavy atom. The molecule has 0 unspecified atom stereocenters. The highest BCUT2D eigenvalue weighted by Gasteiger charge is 2.37. The number of amides is 1. The summed E-state index contributed by atoms with van der Waals surface area (Å²) in [5, 5.41) is 0. The Bertz CT molecular complexity index is 941. The average Bonchev–Trinajstić information content (AvgIpc) is 3.01. The number of carbonyl (C=O) groups is 1. The van der Waals surface area contributed by atoms with Gasteiger partial charge in [0, 0.05) is 11.1 Å². The van der Waals surface area contributed by atoms with E-state index >= 15 is 0 Å². The van der Waals surface area contributed by atoms with E-state index in [-0.39, 0.29) is 11.9 Å². The van der Waals surface area contributed by atoms with Crippen LogP contribution in [0, 0.1) is 6.92 Å².